The van der Waals surface area contributed by atoms with Gasteiger partial charge in [-0.2, -0.15) is 0 Å². The fourth-order valence-corrected chi connectivity index (χ4v) is 2.59. The highest BCUT2D eigenvalue weighted by molar-refractivity contribution is 5.80. The third-order valence-electron chi connectivity index (χ3n) is 3.58. The third kappa shape index (κ3) is 4.24. The van der Waals surface area contributed by atoms with Crippen molar-refractivity contribution in [2.24, 2.45) is 5.92 Å². The molecule has 0 saturated carbocycles. The summed E-state index contributed by atoms with van der Waals surface area (Å²) in [5.41, 5.74) is 1.000. The molecule has 0 aliphatic carbocycles. The van der Waals surface area contributed by atoms with E-state index in [0.29, 0.717) is 12.5 Å². The number of benzene rings is 1. The van der Waals surface area contributed by atoms with E-state index in [0.717, 1.165) is 31.7 Å². The lowest BCUT2D eigenvalue weighted by molar-refractivity contribution is -0.131. The molecule has 0 radical (unpaired) electrons. The molecule has 1 aromatic carbocycles. The van der Waals surface area contributed by atoms with Gasteiger partial charge in [0.2, 0.25) is 5.91 Å². The maximum absolute atomic E-state index is 12.2. The average molecular weight is 261 g/mol. The van der Waals surface area contributed by atoms with Gasteiger partial charge in [0.15, 0.2) is 0 Å². The maximum atomic E-state index is 12.2. The van der Waals surface area contributed by atoms with Gasteiger partial charge in [0.1, 0.15) is 0 Å². The van der Waals surface area contributed by atoms with Crippen LogP contribution in [-0.2, 0) is 4.79 Å². The molecule has 4 heteroatoms. The zero-order valence-electron chi connectivity index (χ0n) is 11.6. The summed E-state index contributed by atoms with van der Waals surface area (Å²) in [6.07, 6.45) is 2.33. The number of para-hydroxylation sites is 1. The van der Waals surface area contributed by atoms with Crippen molar-refractivity contribution in [2.45, 2.75) is 12.8 Å². The number of rotatable bonds is 5. The molecule has 1 atom stereocenters. The summed E-state index contributed by atoms with van der Waals surface area (Å²) in [6.45, 7) is 3.16. The van der Waals surface area contributed by atoms with Crippen molar-refractivity contribution in [3.63, 3.8) is 0 Å². The van der Waals surface area contributed by atoms with Crippen LogP contribution >= 0.6 is 0 Å². The zero-order valence-corrected chi connectivity index (χ0v) is 11.6. The molecule has 1 heterocycles. The summed E-state index contributed by atoms with van der Waals surface area (Å²) in [5.74, 6) is 0.795. The molecule has 1 aromatic rings. The number of carbonyl (C=O) groups is 1. The molecule has 0 aromatic heterocycles. The zero-order chi connectivity index (χ0) is 13.5. The van der Waals surface area contributed by atoms with E-state index < -0.39 is 0 Å². The average Bonchev–Trinajstić information content (AvgIpc) is 2.46. The van der Waals surface area contributed by atoms with Gasteiger partial charge in [-0.05, 0) is 44.5 Å². The first-order chi connectivity index (χ1) is 9.29. The normalized spacial score (nSPS) is 19.2. The third-order valence-corrected chi connectivity index (χ3v) is 3.58. The number of nitrogens with zero attached hydrogens (tertiary/aromatic N) is 1. The first-order valence-corrected chi connectivity index (χ1v) is 7.01. The molecular formula is C15H23N3O. The van der Waals surface area contributed by atoms with Crippen molar-refractivity contribution < 1.29 is 4.79 Å². The molecule has 1 aliphatic rings. The van der Waals surface area contributed by atoms with E-state index >= 15 is 0 Å². The largest absolute Gasteiger partial charge is 0.376 e. The number of carbonyl (C=O) groups excluding carboxylic acids is 1. The quantitative estimate of drug-likeness (QED) is 0.845. The summed E-state index contributed by atoms with van der Waals surface area (Å²) in [5, 5.41) is 6.38. The van der Waals surface area contributed by atoms with Crippen molar-refractivity contribution in [1.29, 1.82) is 0 Å². The van der Waals surface area contributed by atoms with Crippen molar-refractivity contribution in [3.8, 4) is 0 Å². The Bertz CT molecular complexity index is 392. The minimum atomic E-state index is 0.199. The molecule has 1 fully saturated rings. The SMILES string of the molecule is CNCC1CCCN(C(=O)CNc2ccccc2)C1. The highest BCUT2D eigenvalue weighted by atomic mass is 16.2. The Kier molecular flexibility index (Phi) is 5.21. The first-order valence-electron chi connectivity index (χ1n) is 7.01. The highest BCUT2D eigenvalue weighted by Gasteiger charge is 2.22. The predicted molar refractivity (Wildman–Crippen MR) is 78.2 cm³/mol. The van der Waals surface area contributed by atoms with Crippen molar-refractivity contribution in [3.05, 3.63) is 30.3 Å². The molecule has 19 heavy (non-hydrogen) atoms. The number of amides is 1. The Balaban J connectivity index is 1.79. The second kappa shape index (κ2) is 7.14. The van der Waals surface area contributed by atoms with Crippen molar-refractivity contribution >= 4 is 11.6 Å². The molecule has 2 rings (SSSR count). The molecule has 1 aliphatic heterocycles. The van der Waals surface area contributed by atoms with Crippen LogP contribution < -0.4 is 10.6 Å². The standard InChI is InChI=1S/C15H23N3O/c1-16-10-13-6-5-9-18(12-13)15(19)11-17-14-7-3-2-4-8-14/h2-4,7-8,13,16-17H,5-6,9-12H2,1H3. The Labute approximate surface area is 115 Å². The van der Waals surface area contributed by atoms with Gasteiger partial charge in [-0.15, -0.1) is 0 Å². The van der Waals surface area contributed by atoms with E-state index in [1.165, 1.54) is 6.42 Å². The van der Waals surface area contributed by atoms with Gasteiger partial charge in [-0.25, -0.2) is 0 Å². The Morgan fingerprint density at radius 2 is 2.16 bits per heavy atom. The molecule has 104 valence electrons. The number of likely N-dealkylation sites (tertiary alicyclic amines) is 1. The van der Waals surface area contributed by atoms with Gasteiger partial charge < -0.3 is 15.5 Å². The fraction of sp³-hybridized carbons (Fsp3) is 0.533. The molecule has 1 unspecified atom stereocenters. The molecule has 4 nitrogen and oxygen atoms in total. The summed E-state index contributed by atoms with van der Waals surface area (Å²) < 4.78 is 0. The summed E-state index contributed by atoms with van der Waals surface area (Å²) in [7, 11) is 1.97. The molecule has 1 amide bonds. The van der Waals surface area contributed by atoms with Gasteiger partial charge in [0, 0.05) is 18.8 Å². The number of anilines is 1. The van der Waals surface area contributed by atoms with Gasteiger partial charge in [0.25, 0.3) is 0 Å². The minimum Gasteiger partial charge on any atom is -0.376 e. The van der Waals surface area contributed by atoms with Crippen LogP contribution in [0.5, 0.6) is 0 Å². The van der Waals surface area contributed by atoms with E-state index in [-0.39, 0.29) is 5.91 Å². The summed E-state index contributed by atoms with van der Waals surface area (Å²) in [6, 6.07) is 9.87. The van der Waals surface area contributed by atoms with Crippen LogP contribution in [0.2, 0.25) is 0 Å². The highest BCUT2D eigenvalue weighted by Crippen LogP contribution is 2.16. The number of hydrogen-bond acceptors (Lipinski definition) is 3. The van der Waals surface area contributed by atoms with Crippen molar-refractivity contribution in [2.75, 3.05) is 38.5 Å². The van der Waals surface area contributed by atoms with E-state index in [4.69, 9.17) is 0 Å². The van der Waals surface area contributed by atoms with Gasteiger partial charge >= 0.3 is 0 Å². The Morgan fingerprint density at radius 1 is 1.37 bits per heavy atom. The molecule has 0 spiro atoms. The van der Waals surface area contributed by atoms with E-state index in [9.17, 15) is 4.79 Å². The van der Waals surface area contributed by atoms with Crippen LogP contribution in [0, 0.1) is 5.92 Å². The number of hydrogen-bond donors (Lipinski definition) is 2. The topological polar surface area (TPSA) is 44.4 Å². The van der Waals surface area contributed by atoms with E-state index in [2.05, 4.69) is 10.6 Å². The first kappa shape index (κ1) is 13.9. The van der Waals surface area contributed by atoms with Crippen LogP contribution in [0.1, 0.15) is 12.8 Å². The summed E-state index contributed by atoms with van der Waals surface area (Å²) >= 11 is 0. The summed E-state index contributed by atoms with van der Waals surface area (Å²) in [4.78, 5) is 14.2. The lowest BCUT2D eigenvalue weighted by atomic mass is 9.98. The van der Waals surface area contributed by atoms with Gasteiger partial charge in [-0.3, -0.25) is 4.79 Å². The van der Waals surface area contributed by atoms with Crippen LogP contribution in [-0.4, -0.2) is 44.0 Å². The Morgan fingerprint density at radius 3 is 2.89 bits per heavy atom. The molecule has 1 saturated heterocycles. The minimum absolute atomic E-state index is 0.199. The second-order valence-corrected chi connectivity index (χ2v) is 5.13. The lowest BCUT2D eigenvalue weighted by Gasteiger charge is -2.32. The van der Waals surface area contributed by atoms with E-state index in [1.54, 1.807) is 0 Å². The second-order valence-electron chi connectivity index (χ2n) is 5.13. The van der Waals surface area contributed by atoms with Crippen LogP contribution in [0.4, 0.5) is 5.69 Å². The number of nitrogens with one attached hydrogen (secondary N) is 2. The lowest BCUT2D eigenvalue weighted by Crippen LogP contribution is -2.44. The predicted octanol–water partition coefficient (Wildman–Crippen LogP) is 1.56. The monoisotopic (exact) mass is 261 g/mol. The smallest absolute Gasteiger partial charge is 0.241 e. The molecular weight excluding hydrogens is 238 g/mol. The fourth-order valence-electron chi connectivity index (χ4n) is 2.59. The Hall–Kier alpha value is -1.55. The number of piperidine rings is 1. The maximum Gasteiger partial charge on any atom is 0.241 e. The van der Waals surface area contributed by atoms with E-state index in [1.807, 2.05) is 42.3 Å². The van der Waals surface area contributed by atoms with Crippen LogP contribution in [0.25, 0.3) is 0 Å². The molecule has 2 N–H and O–H groups in total. The molecule has 0 bridgehead atoms. The van der Waals surface area contributed by atoms with Crippen molar-refractivity contribution in [1.82, 2.24) is 10.2 Å². The van der Waals surface area contributed by atoms with Gasteiger partial charge in [0.05, 0.1) is 6.54 Å². The van der Waals surface area contributed by atoms with Gasteiger partial charge in [-0.1, -0.05) is 18.2 Å². The van der Waals surface area contributed by atoms with Crippen LogP contribution in [0.3, 0.4) is 0 Å². The van der Waals surface area contributed by atoms with Crippen LogP contribution in [0.15, 0.2) is 30.3 Å².